The van der Waals surface area contributed by atoms with Crippen molar-refractivity contribution in [3.05, 3.63) is 23.0 Å². The molecule has 132 valence electrons. The summed E-state index contributed by atoms with van der Waals surface area (Å²) in [6.45, 7) is 0. The molecule has 1 aliphatic heterocycles. The van der Waals surface area contributed by atoms with Crippen molar-refractivity contribution in [2.24, 2.45) is 0 Å². The first-order valence-corrected chi connectivity index (χ1v) is 8.58. The molecule has 1 fully saturated rings. The van der Waals surface area contributed by atoms with Gasteiger partial charge in [0.25, 0.3) is 5.56 Å². The number of nitrogens with one attached hydrogen (secondary N) is 1. The summed E-state index contributed by atoms with van der Waals surface area (Å²) in [6.07, 6.45) is -6.44. The third-order valence-corrected chi connectivity index (χ3v) is 4.55. The number of aliphatic hydroxyl groups excluding tert-OH is 3. The van der Waals surface area contributed by atoms with E-state index in [9.17, 15) is 29.9 Å². The standard InChI is InChI=1S/C11H15N4O8P/c16-4(1-24(20,21)22)8-6(17)7(18)11(23-8)15-3-14-5-9(15)12-2-13-10(5)19/h2-4,6-8,11,16-18H,1H2,(H,12,13,19)(H2,20,21,22)/p-1/t4-,6+,7-,8-,11-/m1/s1. The Morgan fingerprint density at radius 2 is 2.08 bits per heavy atom. The highest BCUT2D eigenvalue weighted by atomic mass is 31.2. The minimum atomic E-state index is -4.80. The molecule has 2 aromatic rings. The van der Waals surface area contributed by atoms with Gasteiger partial charge in [0, 0.05) is 7.94 Å². The van der Waals surface area contributed by atoms with E-state index in [2.05, 4.69) is 15.0 Å². The number of imidazole rings is 1. The highest BCUT2D eigenvalue weighted by Gasteiger charge is 2.48. The number of rotatable bonds is 4. The van der Waals surface area contributed by atoms with Crippen molar-refractivity contribution < 1.29 is 34.7 Å². The monoisotopic (exact) mass is 361 g/mol. The Balaban J connectivity index is 1.89. The van der Waals surface area contributed by atoms with Crippen LogP contribution in [0.15, 0.2) is 17.4 Å². The first kappa shape index (κ1) is 17.3. The van der Waals surface area contributed by atoms with Crippen molar-refractivity contribution in [2.75, 3.05) is 6.16 Å². The topological polar surface area (TPSA) is 200 Å². The minimum Gasteiger partial charge on any atom is -0.660 e. The van der Waals surface area contributed by atoms with Crippen molar-refractivity contribution in [1.82, 2.24) is 19.5 Å². The molecule has 13 heteroatoms. The molecule has 5 N–H and O–H groups in total. The molecule has 3 rings (SSSR count). The maximum Gasteiger partial charge on any atom is 0.278 e. The Hall–Kier alpha value is -1.50. The van der Waals surface area contributed by atoms with Gasteiger partial charge in [-0.3, -0.25) is 14.3 Å². The molecule has 24 heavy (non-hydrogen) atoms. The third kappa shape index (κ3) is 3.06. The molecule has 0 unspecified atom stereocenters. The Morgan fingerprint density at radius 1 is 1.38 bits per heavy atom. The molecule has 2 aromatic heterocycles. The molecule has 0 amide bonds. The summed E-state index contributed by atoms with van der Waals surface area (Å²) in [7, 11) is -4.80. The molecule has 12 nitrogen and oxygen atoms in total. The molecule has 0 saturated carbocycles. The average molecular weight is 361 g/mol. The number of nitrogens with zero attached hydrogens (tertiary/aromatic N) is 3. The first-order valence-electron chi connectivity index (χ1n) is 6.82. The number of fused-ring (bicyclic) bond motifs is 1. The summed E-state index contributed by atoms with van der Waals surface area (Å²) in [5.74, 6) is 0. The van der Waals surface area contributed by atoms with Gasteiger partial charge in [-0.2, -0.15) is 0 Å². The zero-order chi connectivity index (χ0) is 17.6. The molecule has 0 spiro atoms. The lowest BCUT2D eigenvalue weighted by Gasteiger charge is -2.32. The van der Waals surface area contributed by atoms with Crippen LogP contribution in [-0.4, -0.2) is 70.3 Å². The van der Waals surface area contributed by atoms with E-state index in [1.165, 1.54) is 4.57 Å². The van der Waals surface area contributed by atoms with Crippen LogP contribution in [0, 0.1) is 0 Å². The van der Waals surface area contributed by atoms with E-state index in [0.717, 1.165) is 12.7 Å². The Kier molecular flexibility index (Phi) is 4.40. The number of aromatic nitrogens is 4. The van der Waals surface area contributed by atoms with Gasteiger partial charge in [0.2, 0.25) is 0 Å². The predicted octanol–water partition coefficient (Wildman–Crippen LogP) is -4.42. The van der Waals surface area contributed by atoms with Crippen molar-refractivity contribution in [2.45, 2.75) is 30.6 Å². The van der Waals surface area contributed by atoms with E-state index in [4.69, 9.17) is 9.63 Å². The molecule has 5 atom stereocenters. The van der Waals surface area contributed by atoms with E-state index in [-0.39, 0.29) is 11.2 Å². The lowest BCUT2D eigenvalue weighted by molar-refractivity contribution is -0.333. The van der Waals surface area contributed by atoms with Gasteiger partial charge >= 0.3 is 0 Å². The van der Waals surface area contributed by atoms with Crippen molar-refractivity contribution in [3.63, 3.8) is 0 Å². The highest BCUT2D eigenvalue weighted by molar-refractivity contribution is 7.55. The largest absolute Gasteiger partial charge is 0.660 e. The van der Waals surface area contributed by atoms with Gasteiger partial charge in [0.15, 0.2) is 17.4 Å². The summed E-state index contributed by atoms with van der Waals surface area (Å²) in [5.41, 5.74) is -0.469. The van der Waals surface area contributed by atoms with Crippen LogP contribution in [0.2, 0.25) is 0 Å². The van der Waals surface area contributed by atoms with Crippen molar-refractivity contribution in [3.8, 4) is 0 Å². The number of aromatic amines is 1. The van der Waals surface area contributed by atoms with Gasteiger partial charge in [0.05, 0.1) is 12.7 Å². The predicted molar refractivity (Wildman–Crippen MR) is 74.1 cm³/mol. The van der Waals surface area contributed by atoms with E-state index >= 15 is 0 Å². The molecular weight excluding hydrogens is 347 g/mol. The molecular formula is C11H14N4O8P-. The van der Waals surface area contributed by atoms with Crippen LogP contribution >= 0.6 is 7.94 Å². The van der Waals surface area contributed by atoms with E-state index in [1.54, 1.807) is 0 Å². The van der Waals surface area contributed by atoms with Crippen LogP contribution < -0.4 is 15.3 Å². The summed E-state index contributed by atoms with van der Waals surface area (Å²) < 4.78 is 6.52. The second-order valence-corrected chi connectivity index (χ2v) is 7.06. The minimum absolute atomic E-state index is 0.0220. The lowest BCUT2D eigenvalue weighted by atomic mass is 10.1. The smallest absolute Gasteiger partial charge is 0.278 e. The molecule has 0 bridgehead atoms. The molecule has 1 saturated heterocycles. The summed E-state index contributed by atoms with van der Waals surface area (Å²) >= 11 is 0. The normalized spacial score (nSPS) is 29.2. The number of hydrogen-bond donors (Lipinski definition) is 5. The number of H-pyrrole nitrogens is 1. The first-order chi connectivity index (χ1) is 11.2. The van der Waals surface area contributed by atoms with Crippen LogP contribution in [0.5, 0.6) is 0 Å². The SMILES string of the molecule is O=c1[nH]cnc2c1ncn2[C@@H]1O[C@H]([C@H](O)C[P+]([O-])([O-])O)[C@@H](O)[C@H]1O. The van der Waals surface area contributed by atoms with Gasteiger partial charge < -0.3 is 34.8 Å². The summed E-state index contributed by atoms with van der Waals surface area (Å²) in [4.78, 5) is 52.2. The number of aliphatic hydroxyl groups is 3. The quantitative estimate of drug-likeness (QED) is 0.331. The van der Waals surface area contributed by atoms with Gasteiger partial charge in [-0.1, -0.05) is 0 Å². The maximum atomic E-state index is 11.6. The van der Waals surface area contributed by atoms with Gasteiger partial charge in [-0.25, -0.2) is 9.97 Å². The van der Waals surface area contributed by atoms with Gasteiger partial charge in [-0.15, -0.1) is 0 Å². The van der Waals surface area contributed by atoms with Gasteiger partial charge in [0.1, 0.15) is 30.6 Å². The third-order valence-electron chi connectivity index (χ3n) is 3.71. The summed E-state index contributed by atoms with van der Waals surface area (Å²) in [6, 6.07) is 0. The van der Waals surface area contributed by atoms with E-state index in [0.29, 0.717) is 0 Å². The van der Waals surface area contributed by atoms with Crippen LogP contribution in [0.25, 0.3) is 11.2 Å². The second kappa shape index (κ2) is 6.10. The maximum absolute atomic E-state index is 11.6. The van der Waals surface area contributed by atoms with Crippen LogP contribution in [0.1, 0.15) is 6.23 Å². The van der Waals surface area contributed by atoms with Crippen molar-refractivity contribution in [1.29, 1.82) is 0 Å². The van der Waals surface area contributed by atoms with Crippen molar-refractivity contribution >= 4 is 19.1 Å². The second-order valence-electron chi connectivity index (χ2n) is 5.42. The van der Waals surface area contributed by atoms with Gasteiger partial charge in [-0.05, 0) is 0 Å². The lowest BCUT2D eigenvalue weighted by Crippen LogP contribution is -2.43. The van der Waals surface area contributed by atoms with Crippen LogP contribution in [-0.2, 0) is 4.74 Å². The fourth-order valence-electron chi connectivity index (χ4n) is 2.62. The molecule has 1 aliphatic rings. The van der Waals surface area contributed by atoms with E-state index in [1.807, 2.05) is 0 Å². The fourth-order valence-corrected chi connectivity index (χ4v) is 3.30. The number of hydrogen-bond acceptors (Lipinski definition) is 10. The Bertz CT molecular complexity index is 788. The average Bonchev–Trinajstić information content (AvgIpc) is 3.01. The molecule has 0 aliphatic carbocycles. The van der Waals surface area contributed by atoms with E-state index < -0.39 is 50.3 Å². The zero-order valence-corrected chi connectivity index (χ0v) is 12.9. The number of ether oxygens (including phenoxy) is 1. The molecule has 3 heterocycles. The van der Waals surface area contributed by atoms with Crippen LogP contribution in [0.3, 0.4) is 0 Å². The Morgan fingerprint density at radius 3 is 2.75 bits per heavy atom. The molecule has 0 radical (unpaired) electrons. The summed E-state index contributed by atoms with van der Waals surface area (Å²) in [5, 5.41) is 29.9. The Labute approximate surface area is 134 Å². The fraction of sp³-hybridized carbons (Fsp3) is 0.545. The zero-order valence-electron chi connectivity index (χ0n) is 12.0. The molecule has 0 aromatic carbocycles. The highest BCUT2D eigenvalue weighted by Crippen LogP contribution is 2.39. The van der Waals surface area contributed by atoms with Crippen LogP contribution in [0.4, 0.5) is 0 Å².